The van der Waals surface area contributed by atoms with Crippen LogP contribution in [0.2, 0.25) is 0 Å². The minimum Gasteiger partial charge on any atom is -0.447 e. The van der Waals surface area contributed by atoms with Crippen molar-refractivity contribution in [3.63, 3.8) is 0 Å². The molecule has 0 unspecified atom stereocenters. The van der Waals surface area contributed by atoms with E-state index in [4.69, 9.17) is 9.56 Å². The van der Waals surface area contributed by atoms with Crippen LogP contribution in [-0.4, -0.2) is 13.4 Å². The van der Waals surface area contributed by atoms with Crippen LogP contribution in [0.25, 0.3) is 0 Å². The van der Waals surface area contributed by atoms with E-state index in [9.17, 15) is 8.42 Å². The number of sulfonamides is 1. The summed E-state index contributed by atoms with van der Waals surface area (Å²) >= 11 is 0. The highest BCUT2D eigenvalue weighted by Crippen LogP contribution is 2.14. The molecule has 2 heterocycles. The molecule has 2 aromatic rings. The number of primary sulfonamides is 1. The molecule has 0 aromatic carbocycles. The van der Waals surface area contributed by atoms with E-state index >= 15 is 0 Å². The third-order valence-corrected chi connectivity index (χ3v) is 3.41. The monoisotopic (exact) mass is 281 g/mol. The minimum absolute atomic E-state index is 0.0317. The Hall–Kier alpha value is -1.70. The van der Waals surface area contributed by atoms with Gasteiger partial charge in [0.05, 0.1) is 12.2 Å². The van der Waals surface area contributed by atoms with Gasteiger partial charge >= 0.3 is 0 Å². The first-order chi connectivity index (χ1) is 8.97. The van der Waals surface area contributed by atoms with Gasteiger partial charge in [-0.15, -0.1) is 0 Å². The Labute approximate surface area is 111 Å². The van der Waals surface area contributed by atoms with Crippen LogP contribution in [0.15, 0.2) is 46.0 Å². The van der Waals surface area contributed by atoms with Gasteiger partial charge in [-0.05, 0) is 31.2 Å². The van der Waals surface area contributed by atoms with Crippen molar-refractivity contribution < 1.29 is 12.8 Å². The molecule has 0 saturated heterocycles. The van der Waals surface area contributed by atoms with Gasteiger partial charge in [0.15, 0.2) is 0 Å². The van der Waals surface area contributed by atoms with Crippen LogP contribution >= 0.6 is 0 Å². The fourth-order valence-electron chi connectivity index (χ4n) is 1.60. The molecular weight excluding hydrogens is 266 g/mol. The Bertz CT molecular complexity index is 637. The number of nitrogens with zero attached hydrogens (tertiary/aromatic N) is 1. The molecule has 3 N–H and O–H groups in total. The summed E-state index contributed by atoms with van der Waals surface area (Å²) in [7, 11) is -3.78. The van der Waals surface area contributed by atoms with E-state index in [1.54, 1.807) is 12.3 Å². The second kappa shape index (κ2) is 5.52. The molecule has 6 nitrogen and oxygen atoms in total. The summed E-state index contributed by atoms with van der Waals surface area (Å²) in [5.41, 5.74) is 0.903. The number of furan rings is 1. The molecule has 0 radical (unpaired) electrons. The lowest BCUT2D eigenvalue weighted by Crippen LogP contribution is -2.18. The summed E-state index contributed by atoms with van der Waals surface area (Å²) in [5.74, 6) is 0.506. The summed E-state index contributed by atoms with van der Waals surface area (Å²) in [6, 6.07) is 8.63. The summed E-state index contributed by atoms with van der Waals surface area (Å²) in [5, 5.41) is 7.93. The van der Waals surface area contributed by atoms with Crippen LogP contribution in [0, 0.1) is 0 Å². The normalized spacial score (nSPS) is 13.4. The van der Waals surface area contributed by atoms with Gasteiger partial charge in [-0.25, -0.2) is 13.6 Å². The highest BCUT2D eigenvalue weighted by atomic mass is 32.2. The van der Waals surface area contributed by atoms with Gasteiger partial charge in [0, 0.05) is 12.2 Å². The maximum atomic E-state index is 11.1. The van der Waals surface area contributed by atoms with Crippen molar-refractivity contribution in [2.75, 3.05) is 0 Å². The van der Waals surface area contributed by atoms with Gasteiger partial charge in [-0.2, -0.15) is 0 Å². The molecule has 7 heteroatoms. The third kappa shape index (κ3) is 3.63. The van der Waals surface area contributed by atoms with Gasteiger partial charge in [-0.1, -0.05) is 6.07 Å². The molecule has 2 rings (SSSR count). The average Bonchev–Trinajstić information content (AvgIpc) is 2.86. The van der Waals surface area contributed by atoms with Gasteiger partial charge in [0.1, 0.15) is 5.76 Å². The average molecular weight is 281 g/mol. The van der Waals surface area contributed by atoms with Crippen molar-refractivity contribution in [3.8, 4) is 0 Å². The van der Waals surface area contributed by atoms with E-state index in [1.807, 2.05) is 25.1 Å². The molecule has 0 aliphatic rings. The van der Waals surface area contributed by atoms with E-state index < -0.39 is 10.0 Å². The van der Waals surface area contributed by atoms with E-state index in [2.05, 4.69) is 10.3 Å². The lowest BCUT2D eigenvalue weighted by atomic mass is 10.2. The molecule has 19 heavy (non-hydrogen) atoms. The predicted molar refractivity (Wildman–Crippen MR) is 69.6 cm³/mol. The number of nitrogens with one attached hydrogen (secondary N) is 1. The Morgan fingerprint density at radius 3 is 2.74 bits per heavy atom. The Kier molecular flexibility index (Phi) is 3.98. The van der Waals surface area contributed by atoms with E-state index in [0.29, 0.717) is 12.3 Å². The molecule has 2 aromatic heterocycles. The first kappa shape index (κ1) is 13.7. The topological polar surface area (TPSA) is 98.2 Å². The molecule has 102 valence electrons. The minimum atomic E-state index is -3.78. The largest absolute Gasteiger partial charge is 0.447 e. The van der Waals surface area contributed by atoms with Crippen molar-refractivity contribution in [1.82, 2.24) is 10.3 Å². The molecule has 0 aliphatic carbocycles. The first-order valence-corrected chi connectivity index (χ1v) is 7.27. The molecule has 0 bridgehead atoms. The molecule has 0 saturated carbocycles. The quantitative estimate of drug-likeness (QED) is 0.857. The van der Waals surface area contributed by atoms with E-state index in [1.165, 1.54) is 6.07 Å². The Morgan fingerprint density at radius 2 is 2.16 bits per heavy atom. The molecule has 0 aliphatic heterocycles. The van der Waals surface area contributed by atoms with Gasteiger partial charge in [0.2, 0.25) is 5.09 Å². The molecular formula is C12H15N3O3S. The maximum absolute atomic E-state index is 11.1. The molecule has 0 amide bonds. The van der Waals surface area contributed by atoms with Crippen LogP contribution < -0.4 is 10.5 Å². The summed E-state index contributed by atoms with van der Waals surface area (Å²) in [6.07, 6.45) is 1.72. The van der Waals surface area contributed by atoms with Crippen LogP contribution in [0.4, 0.5) is 0 Å². The van der Waals surface area contributed by atoms with Crippen LogP contribution in [0.3, 0.4) is 0 Å². The van der Waals surface area contributed by atoms with Crippen LogP contribution in [0.5, 0.6) is 0 Å². The zero-order valence-corrected chi connectivity index (χ0v) is 11.2. The third-order valence-electron chi connectivity index (χ3n) is 2.63. The summed E-state index contributed by atoms with van der Waals surface area (Å²) in [6.45, 7) is 2.36. The second-order valence-electron chi connectivity index (χ2n) is 4.12. The highest BCUT2D eigenvalue weighted by Gasteiger charge is 2.13. The number of nitrogens with two attached hydrogens (primary N) is 1. The van der Waals surface area contributed by atoms with Crippen molar-refractivity contribution in [2.45, 2.75) is 24.6 Å². The number of hydrogen-bond donors (Lipinski definition) is 2. The van der Waals surface area contributed by atoms with Crippen molar-refractivity contribution >= 4 is 10.0 Å². The van der Waals surface area contributed by atoms with Gasteiger partial charge in [0.25, 0.3) is 10.0 Å². The molecule has 0 spiro atoms. The fourth-order valence-corrected chi connectivity index (χ4v) is 2.08. The van der Waals surface area contributed by atoms with Crippen LogP contribution in [-0.2, 0) is 16.6 Å². The lowest BCUT2D eigenvalue weighted by molar-refractivity contribution is 0.392. The van der Waals surface area contributed by atoms with Crippen LogP contribution in [0.1, 0.15) is 24.4 Å². The molecule has 0 fully saturated rings. The lowest BCUT2D eigenvalue weighted by Gasteiger charge is -2.11. The van der Waals surface area contributed by atoms with Gasteiger partial charge in [-0.3, -0.25) is 4.98 Å². The highest BCUT2D eigenvalue weighted by molar-refractivity contribution is 7.89. The zero-order chi connectivity index (χ0) is 13.9. The fraction of sp³-hybridized carbons (Fsp3) is 0.250. The standard InChI is InChI=1S/C12H15N3O3S/c1-9(11-4-2-3-7-14-11)15-8-10-5-6-12(18-10)19(13,16)17/h2-7,9,15H,8H2,1H3,(H2,13,16,17)/t9-/m0/s1. The van der Waals surface area contributed by atoms with E-state index in [0.717, 1.165) is 5.69 Å². The Morgan fingerprint density at radius 1 is 1.37 bits per heavy atom. The number of aromatic nitrogens is 1. The van der Waals surface area contributed by atoms with Gasteiger partial charge < -0.3 is 9.73 Å². The second-order valence-corrected chi connectivity index (χ2v) is 5.62. The van der Waals surface area contributed by atoms with E-state index in [-0.39, 0.29) is 11.1 Å². The smallest absolute Gasteiger partial charge is 0.271 e. The summed E-state index contributed by atoms with van der Waals surface area (Å²) < 4.78 is 27.3. The SMILES string of the molecule is C[C@H](NCc1ccc(S(N)(=O)=O)o1)c1ccccn1. The maximum Gasteiger partial charge on any atom is 0.271 e. The number of rotatable bonds is 5. The Balaban J connectivity index is 1.98. The number of hydrogen-bond acceptors (Lipinski definition) is 5. The number of pyridine rings is 1. The zero-order valence-electron chi connectivity index (χ0n) is 10.4. The predicted octanol–water partition coefficient (Wildman–Crippen LogP) is 1.17. The summed E-state index contributed by atoms with van der Waals surface area (Å²) in [4.78, 5) is 4.23. The first-order valence-electron chi connectivity index (χ1n) is 5.72. The molecule has 1 atom stereocenters. The van der Waals surface area contributed by atoms with Crippen molar-refractivity contribution in [1.29, 1.82) is 0 Å². The van der Waals surface area contributed by atoms with Crippen molar-refractivity contribution in [2.24, 2.45) is 5.14 Å². The van der Waals surface area contributed by atoms with Crippen molar-refractivity contribution in [3.05, 3.63) is 48.0 Å².